The third-order valence-electron chi connectivity index (χ3n) is 4.54. The largest absolute Gasteiger partial charge is 0.416 e. The zero-order valence-corrected chi connectivity index (χ0v) is 14.8. The molecule has 2 aromatic carbocycles. The van der Waals surface area contributed by atoms with Crippen molar-refractivity contribution in [3.05, 3.63) is 82.4 Å². The lowest BCUT2D eigenvalue weighted by atomic mass is 10.0. The number of H-pyrrole nitrogens is 1. The smallest absolute Gasteiger partial charge is 0.337 e. The molecule has 0 saturated heterocycles. The second kappa shape index (κ2) is 6.63. The molecule has 2 heterocycles. The van der Waals surface area contributed by atoms with E-state index in [4.69, 9.17) is 0 Å². The van der Waals surface area contributed by atoms with E-state index in [9.17, 15) is 18.0 Å². The Morgan fingerprint density at radius 2 is 1.89 bits per heavy atom. The van der Waals surface area contributed by atoms with Crippen LogP contribution in [0.5, 0.6) is 0 Å². The van der Waals surface area contributed by atoms with Crippen LogP contribution in [0.2, 0.25) is 0 Å². The van der Waals surface area contributed by atoms with E-state index in [1.54, 1.807) is 36.8 Å². The molecular weight excluding hydrogens is 369 g/mol. The van der Waals surface area contributed by atoms with Crippen molar-refractivity contribution in [1.82, 2.24) is 19.5 Å². The maximum atomic E-state index is 13.0. The zero-order valence-electron chi connectivity index (χ0n) is 14.8. The molecule has 0 amide bonds. The minimum atomic E-state index is -4.42. The van der Waals surface area contributed by atoms with Gasteiger partial charge in [-0.1, -0.05) is 18.2 Å². The van der Waals surface area contributed by atoms with Crippen LogP contribution in [0.1, 0.15) is 17.1 Å². The Balaban J connectivity index is 1.74. The number of hydrogen-bond acceptors (Lipinski definition) is 3. The summed E-state index contributed by atoms with van der Waals surface area (Å²) in [6.07, 6.45) is -0.652. The number of alkyl halides is 3. The zero-order chi connectivity index (χ0) is 19.9. The van der Waals surface area contributed by atoms with E-state index in [1.165, 1.54) is 6.07 Å². The van der Waals surface area contributed by atoms with Crippen LogP contribution < -0.4 is 5.56 Å². The molecule has 4 rings (SSSR count). The first-order chi connectivity index (χ1) is 13.3. The van der Waals surface area contributed by atoms with Gasteiger partial charge in [0.1, 0.15) is 5.82 Å². The van der Waals surface area contributed by atoms with Crippen molar-refractivity contribution in [2.75, 3.05) is 0 Å². The third-order valence-corrected chi connectivity index (χ3v) is 4.54. The topological polar surface area (TPSA) is 63.6 Å². The van der Waals surface area contributed by atoms with Crippen molar-refractivity contribution in [3.8, 4) is 11.1 Å². The first-order valence-corrected chi connectivity index (χ1v) is 8.47. The standard InChI is InChI=1S/C20H15F3N4O/c1-27-11-24-10-15(27)9-18-25-17-6-5-13(8-16(17)19(28)26-18)12-3-2-4-14(7-12)20(21,22)23/h2-8,10-11H,9H2,1H3,(H,25,26,28). The van der Waals surface area contributed by atoms with Crippen LogP contribution >= 0.6 is 0 Å². The number of rotatable bonds is 3. The number of benzene rings is 2. The number of nitrogens with one attached hydrogen (secondary N) is 1. The van der Waals surface area contributed by atoms with Crippen molar-refractivity contribution >= 4 is 10.9 Å². The fourth-order valence-corrected chi connectivity index (χ4v) is 3.05. The summed E-state index contributed by atoms with van der Waals surface area (Å²) >= 11 is 0. The van der Waals surface area contributed by atoms with Crippen LogP contribution in [-0.4, -0.2) is 19.5 Å². The van der Waals surface area contributed by atoms with Crippen LogP contribution in [0.4, 0.5) is 13.2 Å². The van der Waals surface area contributed by atoms with Crippen molar-refractivity contribution < 1.29 is 13.2 Å². The first-order valence-electron chi connectivity index (χ1n) is 8.47. The number of aryl methyl sites for hydroxylation is 1. The molecule has 4 aromatic rings. The van der Waals surface area contributed by atoms with Gasteiger partial charge in [-0.05, 0) is 35.4 Å². The Kier molecular flexibility index (Phi) is 4.26. The molecule has 0 unspecified atom stereocenters. The van der Waals surface area contributed by atoms with Gasteiger partial charge in [0, 0.05) is 25.4 Å². The second-order valence-corrected chi connectivity index (χ2v) is 6.50. The molecule has 0 aliphatic rings. The highest BCUT2D eigenvalue weighted by Crippen LogP contribution is 2.32. The van der Waals surface area contributed by atoms with E-state index in [2.05, 4.69) is 15.0 Å². The van der Waals surface area contributed by atoms with Gasteiger partial charge in [0.2, 0.25) is 0 Å². The number of aromatic nitrogens is 4. The van der Waals surface area contributed by atoms with E-state index in [0.717, 1.165) is 17.8 Å². The van der Waals surface area contributed by atoms with Crippen LogP contribution in [0, 0.1) is 0 Å². The molecule has 0 spiro atoms. The number of hydrogen-bond donors (Lipinski definition) is 1. The van der Waals surface area contributed by atoms with Crippen LogP contribution in [0.15, 0.2) is 59.8 Å². The van der Waals surface area contributed by atoms with Crippen LogP contribution in [0.3, 0.4) is 0 Å². The van der Waals surface area contributed by atoms with Gasteiger partial charge in [-0.3, -0.25) is 4.79 Å². The molecule has 0 aliphatic carbocycles. The number of fused-ring (bicyclic) bond motifs is 1. The van der Waals surface area contributed by atoms with E-state index in [0.29, 0.717) is 34.3 Å². The minimum Gasteiger partial charge on any atom is -0.337 e. The molecule has 1 N–H and O–H groups in total. The van der Waals surface area contributed by atoms with Crippen LogP contribution in [0.25, 0.3) is 22.0 Å². The molecule has 28 heavy (non-hydrogen) atoms. The lowest BCUT2D eigenvalue weighted by Gasteiger charge is -2.10. The summed E-state index contributed by atoms with van der Waals surface area (Å²) in [5.74, 6) is 0.493. The molecule has 0 radical (unpaired) electrons. The van der Waals surface area contributed by atoms with Crippen molar-refractivity contribution in [1.29, 1.82) is 0 Å². The Bertz CT molecular complexity index is 1220. The summed E-state index contributed by atoms with van der Waals surface area (Å²) in [5, 5.41) is 0.323. The monoisotopic (exact) mass is 384 g/mol. The maximum Gasteiger partial charge on any atom is 0.416 e. The minimum absolute atomic E-state index is 0.323. The first kappa shape index (κ1) is 18.0. The average Bonchev–Trinajstić information content (AvgIpc) is 3.05. The normalized spacial score (nSPS) is 11.9. The molecule has 0 aliphatic heterocycles. The number of imidazole rings is 1. The summed E-state index contributed by atoms with van der Waals surface area (Å²) in [6, 6.07) is 9.88. The number of aromatic amines is 1. The second-order valence-electron chi connectivity index (χ2n) is 6.50. The average molecular weight is 384 g/mol. The summed E-state index contributed by atoms with van der Waals surface area (Å²) < 4.78 is 40.7. The summed E-state index contributed by atoms with van der Waals surface area (Å²) in [5.41, 5.74) is 1.21. The van der Waals surface area contributed by atoms with Gasteiger partial charge >= 0.3 is 6.18 Å². The van der Waals surface area contributed by atoms with E-state index in [1.807, 2.05) is 11.6 Å². The van der Waals surface area contributed by atoms with Crippen molar-refractivity contribution in [2.45, 2.75) is 12.6 Å². The Morgan fingerprint density at radius 3 is 2.61 bits per heavy atom. The lowest BCUT2D eigenvalue weighted by molar-refractivity contribution is -0.137. The molecule has 2 aromatic heterocycles. The molecular formula is C20H15F3N4O. The fraction of sp³-hybridized carbons (Fsp3) is 0.150. The van der Waals surface area contributed by atoms with Gasteiger partial charge in [-0.15, -0.1) is 0 Å². The molecule has 5 nitrogen and oxygen atoms in total. The van der Waals surface area contributed by atoms with Crippen LogP contribution in [-0.2, 0) is 19.6 Å². The lowest BCUT2D eigenvalue weighted by Crippen LogP contribution is -2.13. The highest BCUT2D eigenvalue weighted by Gasteiger charge is 2.30. The predicted molar refractivity (Wildman–Crippen MR) is 98.8 cm³/mol. The fourth-order valence-electron chi connectivity index (χ4n) is 3.05. The SMILES string of the molecule is Cn1cncc1Cc1nc2ccc(-c3cccc(C(F)(F)F)c3)cc2c(=O)[nH]1. The van der Waals surface area contributed by atoms with E-state index >= 15 is 0 Å². The predicted octanol–water partition coefficient (Wildman–Crippen LogP) is 3.93. The summed E-state index contributed by atoms with van der Waals surface area (Å²) in [7, 11) is 1.85. The highest BCUT2D eigenvalue weighted by atomic mass is 19.4. The van der Waals surface area contributed by atoms with Gasteiger partial charge in [-0.25, -0.2) is 9.97 Å². The quantitative estimate of drug-likeness (QED) is 0.582. The van der Waals surface area contributed by atoms with E-state index in [-0.39, 0.29) is 5.56 Å². The van der Waals surface area contributed by atoms with Crippen molar-refractivity contribution in [2.24, 2.45) is 7.05 Å². The van der Waals surface area contributed by atoms with Crippen molar-refractivity contribution in [3.63, 3.8) is 0 Å². The Hall–Kier alpha value is -3.42. The number of nitrogens with zero attached hydrogens (tertiary/aromatic N) is 3. The molecule has 0 saturated carbocycles. The third kappa shape index (κ3) is 3.40. The molecule has 8 heteroatoms. The van der Waals surface area contributed by atoms with Gasteiger partial charge in [-0.2, -0.15) is 13.2 Å². The molecule has 0 fully saturated rings. The Labute approximate surface area is 157 Å². The molecule has 142 valence electrons. The van der Waals surface area contributed by atoms with Gasteiger partial charge < -0.3 is 9.55 Å². The summed E-state index contributed by atoms with van der Waals surface area (Å²) in [6.45, 7) is 0. The maximum absolute atomic E-state index is 13.0. The molecule has 0 bridgehead atoms. The van der Waals surface area contributed by atoms with Gasteiger partial charge in [0.15, 0.2) is 0 Å². The van der Waals surface area contributed by atoms with E-state index < -0.39 is 11.7 Å². The van der Waals surface area contributed by atoms with Gasteiger partial charge in [0.05, 0.1) is 22.8 Å². The highest BCUT2D eigenvalue weighted by molar-refractivity contribution is 5.83. The van der Waals surface area contributed by atoms with Gasteiger partial charge in [0.25, 0.3) is 5.56 Å². The number of halogens is 3. The Morgan fingerprint density at radius 1 is 1.11 bits per heavy atom. The summed E-state index contributed by atoms with van der Waals surface area (Å²) in [4.78, 5) is 23.8. The molecule has 0 atom stereocenters.